The Balaban J connectivity index is 1.60. The van der Waals surface area contributed by atoms with E-state index in [0.29, 0.717) is 25.8 Å². The number of hydrogen-bond acceptors (Lipinski definition) is 3. The monoisotopic (exact) mass is 340 g/mol. The van der Waals surface area contributed by atoms with Crippen molar-refractivity contribution in [2.24, 2.45) is 0 Å². The van der Waals surface area contributed by atoms with E-state index in [1.54, 1.807) is 7.11 Å². The maximum absolute atomic E-state index is 11.8. The van der Waals surface area contributed by atoms with Gasteiger partial charge in [0.05, 0.1) is 13.7 Å². The highest BCUT2D eigenvalue weighted by atomic mass is 16.5. The van der Waals surface area contributed by atoms with Crippen molar-refractivity contribution < 1.29 is 14.3 Å². The van der Waals surface area contributed by atoms with Gasteiger partial charge in [-0.2, -0.15) is 0 Å². The summed E-state index contributed by atoms with van der Waals surface area (Å²) in [6.07, 6.45) is 1.76. The first-order chi connectivity index (χ1) is 12.2. The Morgan fingerprint density at radius 1 is 0.880 bits per heavy atom. The van der Waals surface area contributed by atoms with Crippen LogP contribution in [0, 0.1) is 0 Å². The molecule has 0 aromatic heterocycles. The molecule has 25 heavy (non-hydrogen) atoms. The normalized spacial score (nSPS) is 10.1. The van der Waals surface area contributed by atoms with Gasteiger partial charge in [0, 0.05) is 13.0 Å². The van der Waals surface area contributed by atoms with Crippen molar-refractivity contribution in [3.05, 3.63) is 65.7 Å². The van der Waals surface area contributed by atoms with E-state index in [9.17, 15) is 9.59 Å². The van der Waals surface area contributed by atoms with Gasteiger partial charge in [0.1, 0.15) is 5.75 Å². The molecule has 2 aromatic carbocycles. The molecule has 0 fully saturated rings. The molecule has 5 nitrogen and oxygen atoms in total. The number of carbonyl (C=O) groups excluding carboxylic acids is 2. The molecule has 0 aliphatic carbocycles. The molecular weight excluding hydrogens is 316 g/mol. The van der Waals surface area contributed by atoms with E-state index < -0.39 is 0 Å². The van der Waals surface area contributed by atoms with E-state index in [2.05, 4.69) is 10.6 Å². The molecule has 0 aliphatic heterocycles. The summed E-state index contributed by atoms with van der Waals surface area (Å²) in [6, 6.07) is 17.5. The lowest BCUT2D eigenvalue weighted by Crippen LogP contribution is -2.37. The van der Waals surface area contributed by atoms with Crippen molar-refractivity contribution in [3.63, 3.8) is 0 Å². The molecule has 5 heteroatoms. The summed E-state index contributed by atoms with van der Waals surface area (Å²) in [7, 11) is 1.63. The van der Waals surface area contributed by atoms with E-state index in [1.807, 2.05) is 54.6 Å². The van der Waals surface area contributed by atoms with Crippen LogP contribution in [0.4, 0.5) is 0 Å². The van der Waals surface area contributed by atoms with Crippen molar-refractivity contribution in [2.45, 2.75) is 19.3 Å². The van der Waals surface area contributed by atoms with Crippen LogP contribution < -0.4 is 15.4 Å². The van der Waals surface area contributed by atoms with Crippen molar-refractivity contribution in [2.75, 3.05) is 20.2 Å². The van der Waals surface area contributed by atoms with E-state index in [1.165, 1.54) is 0 Å². The molecule has 0 aliphatic rings. The van der Waals surface area contributed by atoms with Gasteiger partial charge in [0.2, 0.25) is 11.8 Å². The van der Waals surface area contributed by atoms with E-state index in [-0.39, 0.29) is 18.4 Å². The zero-order chi connectivity index (χ0) is 17.9. The Kier molecular flexibility index (Phi) is 7.50. The zero-order valence-electron chi connectivity index (χ0n) is 14.5. The number of rotatable bonds is 9. The summed E-state index contributed by atoms with van der Waals surface area (Å²) in [5.41, 5.74) is 2.20. The second kappa shape index (κ2) is 10.1. The lowest BCUT2D eigenvalue weighted by atomic mass is 10.1. The molecule has 0 unspecified atom stereocenters. The summed E-state index contributed by atoms with van der Waals surface area (Å²) in [5, 5.41) is 5.45. The predicted molar refractivity (Wildman–Crippen MR) is 97.5 cm³/mol. The molecule has 0 saturated carbocycles. The zero-order valence-corrected chi connectivity index (χ0v) is 14.5. The fourth-order valence-corrected chi connectivity index (χ4v) is 2.41. The number of ether oxygens (including phenoxy) is 1. The van der Waals surface area contributed by atoms with Crippen molar-refractivity contribution >= 4 is 11.8 Å². The third-order valence-electron chi connectivity index (χ3n) is 3.80. The Hall–Kier alpha value is -2.82. The van der Waals surface area contributed by atoms with Gasteiger partial charge >= 0.3 is 0 Å². The number of amides is 2. The standard InChI is InChI=1S/C20H24N2O3/c1-25-18-9-5-8-17(14-18)12-13-21-20(24)15-22-19(23)11-10-16-6-3-2-4-7-16/h2-9,14H,10-13,15H2,1H3,(H,21,24)(H,22,23). The molecule has 2 rings (SSSR count). The Morgan fingerprint density at radius 2 is 1.64 bits per heavy atom. The third kappa shape index (κ3) is 7.08. The first-order valence-electron chi connectivity index (χ1n) is 8.37. The minimum atomic E-state index is -0.184. The maximum atomic E-state index is 11.8. The van der Waals surface area contributed by atoms with Crippen LogP contribution in [0.15, 0.2) is 54.6 Å². The predicted octanol–water partition coefficient (Wildman–Crippen LogP) is 2.10. The first kappa shape index (κ1) is 18.5. The Bertz CT molecular complexity index is 686. The van der Waals surface area contributed by atoms with Gasteiger partial charge in [0.15, 0.2) is 0 Å². The number of benzene rings is 2. The average molecular weight is 340 g/mol. The lowest BCUT2D eigenvalue weighted by molar-refractivity contribution is -0.126. The highest BCUT2D eigenvalue weighted by molar-refractivity contribution is 5.84. The highest BCUT2D eigenvalue weighted by Gasteiger charge is 2.06. The minimum absolute atomic E-state index is 0.00569. The minimum Gasteiger partial charge on any atom is -0.497 e. The second-order valence-electron chi connectivity index (χ2n) is 5.71. The number of nitrogens with one attached hydrogen (secondary N) is 2. The largest absolute Gasteiger partial charge is 0.497 e. The second-order valence-corrected chi connectivity index (χ2v) is 5.71. The molecule has 132 valence electrons. The van der Waals surface area contributed by atoms with Crippen LogP contribution in [0.5, 0.6) is 5.75 Å². The lowest BCUT2D eigenvalue weighted by Gasteiger charge is -2.08. The molecule has 0 atom stereocenters. The number of aryl methyl sites for hydroxylation is 1. The number of hydrogen-bond donors (Lipinski definition) is 2. The maximum Gasteiger partial charge on any atom is 0.239 e. The first-order valence-corrected chi connectivity index (χ1v) is 8.37. The van der Waals surface area contributed by atoms with Crippen LogP contribution in [0.3, 0.4) is 0 Å². The molecule has 0 saturated heterocycles. The quantitative estimate of drug-likeness (QED) is 0.735. The van der Waals surface area contributed by atoms with Crippen LogP contribution in [-0.2, 0) is 22.4 Å². The molecule has 2 amide bonds. The summed E-state index contributed by atoms with van der Waals surface area (Å²) in [4.78, 5) is 23.6. The van der Waals surface area contributed by atoms with E-state index in [4.69, 9.17) is 4.74 Å². The van der Waals surface area contributed by atoms with Crippen LogP contribution in [0.2, 0.25) is 0 Å². The van der Waals surface area contributed by atoms with Gasteiger partial charge < -0.3 is 15.4 Å². The van der Waals surface area contributed by atoms with Crippen molar-refractivity contribution in [3.8, 4) is 5.75 Å². The Morgan fingerprint density at radius 3 is 2.40 bits per heavy atom. The van der Waals surface area contributed by atoms with E-state index in [0.717, 1.165) is 16.9 Å². The van der Waals surface area contributed by atoms with Crippen molar-refractivity contribution in [1.82, 2.24) is 10.6 Å². The van der Waals surface area contributed by atoms with Crippen LogP contribution in [0.25, 0.3) is 0 Å². The smallest absolute Gasteiger partial charge is 0.239 e. The van der Waals surface area contributed by atoms with E-state index >= 15 is 0 Å². The fourth-order valence-electron chi connectivity index (χ4n) is 2.41. The van der Waals surface area contributed by atoms with Crippen molar-refractivity contribution in [1.29, 1.82) is 0 Å². The number of methoxy groups -OCH3 is 1. The fraction of sp³-hybridized carbons (Fsp3) is 0.300. The van der Waals surface area contributed by atoms with Gasteiger partial charge in [0.25, 0.3) is 0 Å². The average Bonchev–Trinajstić information content (AvgIpc) is 2.65. The van der Waals surface area contributed by atoms with Gasteiger partial charge in [-0.05, 0) is 36.1 Å². The highest BCUT2D eigenvalue weighted by Crippen LogP contribution is 2.12. The molecule has 0 spiro atoms. The van der Waals surface area contributed by atoms with Crippen LogP contribution >= 0.6 is 0 Å². The summed E-state index contributed by atoms with van der Waals surface area (Å²) >= 11 is 0. The molecule has 0 radical (unpaired) electrons. The topological polar surface area (TPSA) is 67.4 Å². The Labute approximate surface area is 148 Å². The van der Waals surface area contributed by atoms with Gasteiger partial charge in [-0.3, -0.25) is 9.59 Å². The summed E-state index contributed by atoms with van der Waals surface area (Å²) in [6.45, 7) is 0.525. The molecule has 0 heterocycles. The SMILES string of the molecule is COc1cccc(CCNC(=O)CNC(=O)CCc2ccccc2)c1. The third-order valence-corrected chi connectivity index (χ3v) is 3.80. The van der Waals surface area contributed by atoms with Gasteiger partial charge in [-0.1, -0.05) is 42.5 Å². The summed E-state index contributed by atoms with van der Waals surface area (Å²) < 4.78 is 5.17. The molecular formula is C20H24N2O3. The molecule has 2 aromatic rings. The van der Waals surface area contributed by atoms with Gasteiger partial charge in [-0.25, -0.2) is 0 Å². The summed E-state index contributed by atoms with van der Waals surface area (Å²) in [5.74, 6) is 0.497. The number of carbonyl (C=O) groups is 2. The molecule has 0 bridgehead atoms. The molecule has 2 N–H and O–H groups in total. The van der Waals surface area contributed by atoms with Gasteiger partial charge in [-0.15, -0.1) is 0 Å². The van der Waals surface area contributed by atoms with Crippen LogP contribution in [0.1, 0.15) is 17.5 Å². The van der Waals surface area contributed by atoms with Crippen LogP contribution in [-0.4, -0.2) is 32.0 Å².